The molecule has 1 aliphatic heterocycles. The number of likely N-dealkylation sites (tertiary alicyclic amines) is 1. The number of hydrogen-bond donors (Lipinski definition) is 1. The fraction of sp³-hybridized carbons (Fsp3) is 0.529. The second-order valence-corrected chi connectivity index (χ2v) is 6.46. The number of tetrazole rings is 1. The van der Waals surface area contributed by atoms with E-state index in [9.17, 15) is 9.18 Å². The van der Waals surface area contributed by atoms with Crippen LogP contribution >= 0.6 is 0 Å². The van der Waals surface area contributed by atoms with E-state index in [0.29, 0.717) is 6.54 Å². The molecule has 0 bridgehead atoms. The summed E-state index contributed by atoms with van der Waals surface area (Å²) in [5.74, 6) is 0.284. The van der Waals surface area contributed by atoms with Crippen LogP contribution in [0.15, 0.2) is 24.3 Å². The van der Waals surface area contributed by atoms with Gasteiger partial charge >= 0.3 is 0 Å². The lowest BCUT2D eigenvalue weighted by molar-refractivity contribution is -0.123. The first-order valence-corrected chi connectivity index (χ1v) is 8.62. The summed E-state index contributed by atoms with van der Waals surface area (Å²) in [6.07, 6.45) is 2.40. The normalized spacial score (nSPS) is 17.5. The van der Waals surface area contributed by atoms with Crippen molar-refractivity contribution in [1.29, 1.82) is 0 Å². The molecule has 0 aliphatic carbocycles. The Labute approximate surface area is 146 Å². The third-order valence-electron chi connectivity index (χ3n) is 4.86. The topological polar surface area (TPSA) is 89.9 Å². The smallest absolute Gasteiger partial charge is 0.220 e. The standard InChI is InChI=1S/C17H23FN6O/c1-2-15(23-9-7-13(8-10-23)16(19)25)17-20-21-22-24(17)11-12-3-5-14(18)6-4-12/h3-6,13,15H,2,7-11H2,1H3,(H2,19,25). The molecular weight excluding hydrogens is 323 g/mol. The molecule has 1 aromatic heterocycles. The number of rotatable bonds is 6. The van der Waals surface area contributed by atoms with Gasteiger partial charge in [-0.3, -0.25) is 9.69 Å². The first-order chi connectivity index (χ1) is 12.1. The van der Waals surface area contributed by atoms with Crippen molar-refractivity contribution in [2.24, 2.45) is 11.7 Å². The molecule has 1 aromatic carbocycles. The van der Waals surface area contributed by atoms with Gasteiger partial charge in [0.15, 0.2) is 5.82 Å². The number of nitrogens with zero attached hydrogens (tertiary/aromatic N) is 5. The average molecular weight is 346 g/mol. The van der Waals surface area contributed by atoms with Crippen molar-refractivity contribution in [3.63, 3.8) is 0 Å². The SMILES string of the molecule is CCC(c1nnnn1Cc1ccc(F)cc1)N1CCC(C(N)=O)CC1. The van der Waals surface area contributed by atoms with Gasteiger partial charge < -0.3 is 5.73 Å². The average Bonchev–Trinajstić information content (AvgIpc) is 3.06. The van der Waals surface area contributed by atoms with E-state index in [1.165, 1.54) is 12.1 Å². The van der Waals surface area contributed by atoms with Crippen molar-refractivity contribution in [3.8, 4) is 0 Å². The molecule has 1 aliphatic rings. The van der Waals surface area contributed by atoms with Crippen LogP contribution in [-0.4, -0.2) is 44.1 Å². The van der Waals surface area contributed by atoms with Crippen molar-refractivity contribution in [3.05, 3.63) is 41.5 Å². The van der Waals surface area contributed by atoms with Gasteiger partial charge in [-0.05, 0) is 60.5 Å². The maximum atomic E-state index is 13.1. The van der Waals surface area contributed by atoms with E-state index in [4.69, 9.17) is 5.73 Å². The number of halogens is 1. The quantitative estimate of drug-likeness (QED) is 0.856. The van der Waals surface area contributed by atoms with E-state index in [1.54, 1.807) is 16.8 Å². The van der Waals surface area contributed by atoms with Gasteiger partial charge in [-0.2, -0.15) is 0 Å². The number of hydrogen-bond acceptors (Lipinski definition) is 5. The summed E-state index contributed by atoms with van der Waals surface area (Å²) in [5, 5.41) is 12.2. The number of amides is 1. The summed E-state index contributed by atoms with van der Waals surface area (Å²) in [4.78, 5) is 13.7. The molecule has 1 atom stereocenters. The summed E-state index contributed by atoms with van der Waals surface area (Å²) >= 11 is 0. The minimum atomic E-state index is -0.260. The number of primary amides is 1. The Kier molecular flexibility index (Phi) is 5.37. The van der Waals surface area contributed by atoms with Crippen LogP contribution in [0.25, 0.3) is 0 Å². The highest BCUT2D eigenvalue weighted by atomic mass is 19.1. The van der Waals surface area contributed by atoms with E-state index in [0.717, 1.165) is 43.7 Å². The maximum absolute atomic E-state index is 13.1. The second kappa shape index (κ2) is 7.69. The van der Waals surface area contributed by atoms with Gasteiger partial charge in [0.2, 0.25) is 5.91 Å². The van der Waals surface area contributed by atoms with Gasteiger partial charge in [0.25, 0.3) is 0 Å². The van der Waals surface area contributed by atoms with Crippen LogP contribution in [-0.2, 0) is 11.3 Å². The molecule has 1 amide bonds. The molecule has 2 heterocycles. The van der Waals surface area contributed by atoms with Gasteiger partial charge in [-0.25, -0.2) is 9.07 Å². The van der Waals surface area contributed by atoms with Crippen molar-refractivity contribution in [2.75, 3.05) is 13.1 Å². The van der Waals surface area contributed by atoms with Crippen LogP contribution < -0.4 is 5.73 Å². The van der Waals surface area contributed by atoms with E-state index in [1.807, 2.05) is 0 Å². The first kappa shape index (κ1) is 17.5. The molecular formula is C17H23FN6O. The molecule has 2 aromatic rings. The highest BCUT2D eigenvalue weighted by Crippen LogP contribution is 2.28. The third-order valence-corrected chi connectivity index (χ3v) is 4.86. The van der Waals surface area contributed by atoms with Gasteiger partial charge in [-0.1, -0.05) is 19.1 Å². The van der Waals surface area contributed by atoms with Crippen molar-refractivity contribution < 1.29 is 9.18 Å². The molecule has 0 saturated carbocycles. The van der Waals surface area contributed by atoms with Gasteiger partial charge in [0.1, 0.15) is 5.82 Å². The summed E-state index contributed by atoms with van der Waals surface area (Å²) in [6.45, 7) is 4.20. The molecule has 1 unspecified atom stereocenters. The number of piperidine rings is 1. The third kappa shape index (κ3) is 4.01. The molecule has 2 N–H and O–H groups in total. The van der Waals surface area contributed by atoms with Crippen LogP contribution in [0, 0.1) is 11.7 Å². The lowest BCUT2D eigenvalue weighted by Gasteiger charge is -2.35. The number of benzene rings is 1. The van der Waals surface area contributed by atoms with Crippen molar-refractivity contribution in [2.45, 2.75) is 38.8 Å². The van der Waals surface area contributed by atoms with E-state index in [2.05, 4.69) is 27.3 Å². The Bertz CT molecular complexity index is 708. The molecule has 0 radical (unpaired) electrons. The van der Waals surface area contributed by atoms with E-state index < -0.39 is 0 Å². The van der Waals surface area contributed by atoms with Crippen LogP contribution in [0.5, 0.6) is 0 Å². The minimum Gasteiger partial charge on any atom is -0.369 e. The molecule has 7 nitrogen and oxygen atoms in total. The predicted octanol–water partition coefficient (Wildman–Crippen LogP) is 1.51. The molecule has 25 heavy (non-hydrogen) atoms. The molecule has 1 saturated heterocycles. The zero-order chi connectivity index (χ0) is 17.8. The Morgan fingerprint density at radius 1 is 1.32 bits per heavy atom. The van der Waals surface area contributed by atoms with Crippen LogP contribution in [0.1, 0.15) is 43.6 Å². The fourth-order valence-corrected chi connectivity index (χ4v) is 3.43. The zero-order valence-electron chi connectivity index (χ0n) is 14.3. The Morgan fingerprint density at radius 3 is 2.60 bits per heavy atom. The highest BCUT2D eigenvalue weighted by Gasteiger charge is 2.30. The Morgan fingerprint density at radius 2 is 2.00 bits per heavy atom. The summed E-state index contributed by atoms with van der Waals surface area (Å²) < 4.78 is 14.8. The molecule has 8 heteroatoms. The van der Waals surface area contributed by atoms with Gasteiger partial charge in [-0.15, -0.1) is 5.10 Å². The van der Waals surface area contributed by atoms with Gasteiger partial charge in [0.05, 0.1) is 12.6 Å². The summed E-state index contributed by atoms with van der Waals surface area (Å²) in [5.41, 5.74) is 6.36. The van der Waals surface area contributed by atoms with E-state index in [-0.39, 0.29) is 23.7 Å². The van der Waals surface area contributed by atoms with Crippen LogP contribution in [0.2, 0.25) is 0 Å². The molecule has 3 rings (SSSR count). The van der Waals surface area contributed by atoms with Crippen LogP contribution in [0.3, 0.4) is 0 Å². The Hall–Kier alpha value is -2.35. The lowest BCUT2D eigenvalue weighted by Crippen LogP contribution is -2.41. The summed E-state index contributed by atoms with van der Waals surface area (Å²) in [6, 6.07) is 6.43. The fourth-order valence-electron chi connectivity index (χ4n) is 3.43. The van der Waals surface area contributed by atoms with E-state index >= 15 is 0 Å². The second-order valence-electron chi connectivity index (χ2n) is 6.46. The van der Waals surface area contributed by atoms with Crippen molar-refractivity contribution in [1.82, 2.24) is 25.1 Å². The predicted molar refractivity (Wildman–Crippen MR) is 89.8 cm³/mol. The first-order valence-electron chi connectivity index (χ1n) is 8.62. The summed E-state index contributed by atoms with van der Waals surface area (Å²) in [7, 11) is 0. The number of carbonyl (C=O) groups excluding carboxylic acids is 1. The van der Waals surface area contributed by atoms with Crippen molar-refractivity contribution >= 4 is 5.91 Å². The monoisotopic (exact) mass is 346 g/mol. The van der Waals surface area contributed by atoms with Crippen LogP contribution in [0.4, 0.5) is 4.39 Å². The zero-order valence-corrected chi connectivity index (χ0v) is 14.3. The molecule has 1 fully saturated rings. The number of nitrogens with two attached hydrogens (primary N) is 1. The molecule has 0 spiro atoms. The lowest BCUT2D eigenvalue weighted by atomic mass is 9.94. The number of carbonyl (C=O) groups is 1. The van der Waals surface area contributed by atoms with Gasteiger partial charge in [0, 0.05) is 5.92 Å². The Balaban J connectivity index is 1.73. The minimum absolute atomic E-state index is 0.0380. The highest BCUT2D eigenvalue weighted by molar-refractivity contribution is 5.76. The molecule has 134 valence electrons. The number of aromatic nitrogens is 4. The largest absolute Gasteiger partial charge is 0.369 e. The maximum Gasteiger partial charge on any atom is 0.220 e.